The van der Waals surface area contributed by atoms with Gasteiger partial charge in [0, 0.05) is 4.90 Å². The first-order chi connectivity index (χ1) is 9.03. The molecule has 2 aromatic rings. The molecule has 0 amide bonds. The van der Waals surface area contributed by atoms with Crippen molar-refractivity contribution in [3.63, 3.8) is 0 Å². The maximum atomic E-state index is 12.8. The molecule has 0 unspecified atom stereocenters. The maximum absolute atomic E-state index is 12.8. The second kappa shape index (κ2) is 5.63. The molecule has 0 atom stereocenters. The SMILES string of the molecule is CSc1ccccc1NS(=O)(=O)c1ccc(F)cc1. The van der Waals surface area contributed by atoms with E-state index in [1.165, 1.54) is 23.9 Å². The molecule has 2 rings (SSSR count). The van der Waals surface area contributed by atoms with E-state index in [1.54, 1.807) is 12.1 Å². The number of benzene rings is 2. The Balaban J connectivity index is 2.34. The van der Waals surface area contributed by atoms with Gasteiger partial charge in [0.05, 0.1) is 10.6 Å². The first kappa shape index (κ1) is 13.9. The van der Waals surface area contributed by atoms with Crippen molar-refractivity contribution < 1.29 is 12.8 Å². The summed E-state index contributed by atoms with van der Waals surface area (Å²) in [4.78, 5) is 0.859. The van der Waals surface area contributed by atoms with Crippen LogP contribution in [0.3, 0.4) is 0 Å². The molecule has 0 spiro atoms. The zero-order chi connectivity index (χ0) is 13.9. The first-order valence-electron chi connectivity index (χ1n) is 5.44. The van der Waals surface area contributed by atoms with E-state index in [4.69, 9.17) is 0 Å². The summed E-state index contributed by atoms with van der Waals surface area (Å²) in [6, 6.07) is 11.8. The highest BCUT2D eigenvalue weighted by Gasteiger charge is 2.15. The number of nitrogens with one attached hydrogen (secondary N) is 1. The summed E-state index contributed by atoms with van der Waals surface area (Å²) >= 11 is 1.45. The molecule has 0 bridgehead atoms. The lowest BCUT2D eigenvalue weighted by Gasteiger charge is -2.11. The Hall–Kier alpha value is -1.53. The topological polar surface area (TPSA) is 46.2 Å². The van der Waals surface area contributed by atoms with Gasteiger partial charge in [-0.1, -0.05) is 12.1 Å². The van der Waals surface area contributed by atoms with Crippen molar-refractivity contribution in [2.24, 2.45) is 0 Å². The second-order valence-electron chi connectivity index (χ2n) is 3.76. The van der Waals surface area contributed by atoms with E-state index in [2.05, 4.69) is 4.72 Å². The zero-order valence-corrected chi connectivity index (χ0v) is 11.8. The smallest absolute Gasteiger partial charge is 0.261 e. The van der Waals surface area contributed by atoms with Gasteiger partial charge in [0.25, 0.3) is 10.0 Å². The van der Waals surface area contributed by atoms with Crippen LogP contribution in [0.25, 0.3) is 0 Å². The summed E-state index contributed by atoms with van der Waals surface area (Å²) in [5, 5.41) is 0. The van der Waals surface area contributed by atoms with Crippen molar-refractivity contribution in [3.05, 3.63) is 54.3 Å². The molecule has 100 valence electrons. The fourth-order valence-corrected chi connectivity index (χ4v) is 3.24. The molecule has 6 heteroatoms. The van der Waals surface area contributed by atoms with Crippen molar-refractivity contribution in [3.8, 4) is 0 Å². The van der Waals surface area contributed by atoms with Gasteiger partial charge in [-0.05, 0) is 42.7 Å². The van der Waals surface area contributed by atoms with Gasteiger partial charge in [-0.25, -0.2) is 12.8 Å². The van der Waals surface area contributed by atoms with Crippen LogP contribution in [-0.4, -0.2) is 14.7 Å². The average molecular weight is 297 g/mol. The monoisotopic (exact) mass is 297 g/mol. The Kier molecular flexibility index (Phi) is 4.11. The molecule has 19 heavy (non-hydrogen) atoms. The van der Waals surface area contributed by atoms with Crippen LogP contribution in [0, 0.1) is 5.82 Å². The molecule has 0 fully saturated rings. The van der Waals surface area contributed by atoms with E-state index in [9.17, 15) is 12.8 Å². The Morgan fingerprint density at radius 3 is 2.32 bits per heavy atom. The minimum Gasteiger partial charge on any atom is -0.278 e. The fraction of sp³-hybridized carbons (Fsp3) is 0.0769. The number of anilines is 1. The summed E-state index contributed by atoms with van der Waals surface area (Å²) in [6.07, 6.45) is 1.87. The lowest BCUT2D eigenvalue weighted by Crippen LogP contribution is -2.13. The number of hydrogen-bond acceptors (Lipinski definition) is 3. The molecule has 0 aliphatic heterocycles. The molecule has 0 aliphatic rings. The molecular weight excluding hydrogens is 285 g/mol. The van der Waals surface area contributed by atoms with E-state index in [-0.39, 0.29) is 4.90 Å². The van der Waals surface area contributed by atoms with Crippen LogP contribution in [0.1, 0.15) is 0 Å². The standard InChI is InChI=1S/C13H12FNO2S2/c1-18-13-5-3-2-4-12(13)15-19(16,17)11-8-6-10(14)7-9-11/h2-9,15H,1H3. The maximum Gasteiger partial charge on any atom is 0.261 e. The van der Waals surface area contributed by atoms with Gasteiger partial charge in [-0.3, -0.25) is 4.72 Å². The molecule has 0 radical (unpaired) electrons. The van der Waals surface area contributed by atoms with Crippen LogP contribution < -0.4 is 4.72 Å². The van der Waals surface area contributed by atoms with Crippen LogP contribution in [0.2, 0.25) is 0 Å². The van der Waals surface area contributed by atoms with Crippen molar-refractivity contribution in [2.45, 2.75) is 9.79 Å². The summed E-state index contributed by atoms with van der Waals surface area (Å²) < 4.78 is 39.6. The minimum atomic E-state index is -3.69. The van der Waals surface area contributed by atoms with Gasteiger partial charge in [-0.2, -0.15) is 0 Å². The number of rotatable bonds is 4. The van der Waals surface area contributed by atoms with Crippen LogP contribution in [0.4, 0.5) is 10.1 Å². The van der Waals surface area contributed by atoms with Gasteiger partial charge in [0.2, 0.25) is 0 Å². The molecule has 0 aliphatic carbocycles. The van der Waals surface area contributed by atoms with Crippen LogP contribution in [-0.2, 0) is 10.0 Å². The fourth-order valence-electron chi connectivity index (χ4n) is 1.55. The number of thioether (sulfide) groups is 1. The van der Waals surface area contributed by atoms with E-state index >= 15 is 0 Å². The van der Waals surface area contributed by atoms with Gasteiger partial charge in [0.1, 0.15) is 5.82 Å². The van der Waals surface area contributed by atoms with Gasteiger partial charge in [0.15, 0.2) is 0 Å². The quantitative estimate of drug-likeness (QED) is 0.880. The highest BCUT2D eigenvalue weighted by Crippen LogP contribution is 2.26. The summed E-state index contributed by atoms with van der Waals surface area (Å²) in [7, 11) is -3.69. The number of halogens is 1. The molecule has 0 saturated carbocycles. The molecule has 2 aromatic carbocycles. The summed E-state index contributed by atoms with van der Waals surface area (Å²) in [5.74, 6) is -0.469. The second-order valence-corrected chi connectivity index (χ2v) is 6.29. The third-order valence-corrected chi connectivity index (χ3v) is 4.65. The summed E-state index contributed by atoms with van der Waals surface area (Å²) in [6.45, 7) is 0. The largest absolute Gasteiger partial charge is 0.278 e. The number of para-hydroxylation sites is 1. The lowest BCUT2D eigenvalue weighted by molar-refractivity contribution is 0.599. The average Bonchev–Trinajstić information content (AvgIpc) is 2.39. The molecular formula is C13H12FNO2S2. The molecule has 3 nitrogen and oxygen atoms in total. The van der Waals surface area contributed by atoms with E-state index in [1.807, 2.05) is 18.4 Å². The minimum absolute atomic E-state index is 0.0322. The Morgan fingerprint density at radius 1 is 1.05 bits per heavy atom. The number of sulfonamides is 1. The van der Waals surface area contributed by atoms with Crippen LogP contribution in [0.5, 0.6) is 0 Å². The third kappa shape index (κ3) is 3.27. The predicted octanol–water partition coefficient (Wildman–Crippen LogP) is 3.35. The Bertz CT molecular complexity index is 669. The van der Waals surface area contributed by atoms with Gasteiger partial charge >= 0.3 is 0 Å². The van der Waals surface area contributed by atoms with E-state index < -0.39 is 15.8 Å². The van der Waals surface area contributed by atoms with Crippen LogP contribution >= 0.6 is 11.8 Å². The lowest BCUT2D eigenvalue weighted by atomic mass is 10.3. The van der Waals surface area contributed by atoms with Gasteiger partial charge in [-0.15, -0.1) is 11.8 Å². The molecule has 1 N–H and O–H groups in total. The molecule has 0 saturated heterocycles. The van der Waals surface area contributed by atoms with Crippen molar-refractivity contribution in [2.75, 3.05) is 11.0 Å². The highest BCUT2D eigenvalue weighted by molar-refractivity contribution is 7.99. The predicted molar refractivity (Wildman–Crippen MR) is 75.4 cm³/mol. The first-order valence-corrected chi connectivity index (χ1v) is 8.15. The number of hydrogen-bond donors (Lipinski definition) is 1. The van der Waals surface area contributed by atoms with Crippen molar-refractivity contribution >= 4 is 27.5 Å². The normalized spacial score (nSPS) is 11.3. The van der Waals surface area contributed by atoms with Crippen molar-refractivity contribution in [1.82, 2.24) is 0 Å². The van der Waals surface area contributed by atoms with Crippen LogP contribution in [0.15, 0.2) is 58.3 Å². The van der Waals surface area contributed by atoms with Crippen molar-refractivity contribution in [1.29, 1.82) is 0 Å². The van der Waals surface area contributed by atoms with Gasteiger partial charge < -0.3 is 0 Å². The van der Waals surface area contributed by atoms with E-state index in [0.717, 1.165) is 17.0 Å². The Morgan fingerprint density at radius 2 is 1.68 bits per heavy atom. The highest BCUT2D eigenvalue weighted by atomic mass is 32.2. The molecule has 0 heterocycles. The molecule has 0 aromatic heterocycles. The summed E-state index contributed by atoms with van der Waals surface area (Å²) in [5.41, 5.74) is 0.513. The third-order valence-electron chi connectivity index (χ3n) is 2.48. The zero-order valence-electron chi connectivity index (χ0n) is 10.1. The Labute approximate surface area is 115 Å². The van der Waals surface area contributed by atoms with E-state index in [0.29, 0.717) is 5.69 Å².